The number of benzene rings is 1. The highest BCUT2D eigenvalue weighted by Crippen LogP contribution is 2.42. The first-order valence-electron chi connectivity index (χ1n) is 7.07. The van der Waals surface area contributed by atoms with Gasteiger partial charge < -0.3 is 9.72 Å². The average molecular weight is 327 g/mol. The molecule has 3 heterocycles. The number of fused-ring (bicyclic) bond motifs is 5. The summed E-state index contributed by atoms with van der Waals surface area (Å²) in [5, 5.41) is 13.0. The number of aromatic amines is 1. The van der Waals surface area contributed by atoms with Crippen LogP contribution in [0.1, 0.15) is 11.3 Å². The van der Waals surface area contributed by atoms with Crippen molar-refractivity contribution >= 4 is 48.4 Å². The van der Waals surface area contributed by atoms with Crippen molar-refractivity contribution in [1.29, 1.82) is 0 Å². The molecule has 0 saturated carbocycles. The van der Waals surface area contributed by atoms with Gasteiger partial charge in [-0.25, -0.2) is 4.98 Å². The number of nitro groups is 1. The van der Waals surface area contributed by atoms with Gasteiger partial charge in [0.25, 0.3) is 5.69 Å². The quantitative estimate of drug-likeness (QED) is 0.449. The Balaban J connectivity index is 2.19. The number of H-pyrrole nitrogens is 1. The molecule has 0 atom stereocenters. The number of pyridine rings is 1. The fourth-order valence-corrected chi connectivity index (χ4v) is 4.34. The number of non-ortho nitro benzene ring substituents is 1. The number of methoxy groups -OCH3 is 1. The van der Waals surface area contributed by atoms with Crippen molar-refractivity contribution in [3.63, 3.8) is 0 Å². The minimum absolute atomic E-state index is 0.116. The third-order valence-corrected chi connectivity index (χ3v) is 5.00. The van der Waals surface area contributed by atoms with E-state index in [1.54, 1.807) is 13.2 Å². The van der Waals surface area contributed by atoms with Crippen LogP contribution in [0.25, 0.3) is 31.3 Å². The first kappa shape index (κ1) is 14.1. The SMILES string of the molecule is COCc1cc(C)nc2sc3c([nH]c4cccc([N+](=O)[O-])c43)c12. The van der Waals surface area contributed by atoms with E-state index in [2.05, 4.69) is 9.97 Å². The molecule has 3 aromatic heterocycles. The summed E-state index contributed by atoms with van der Waals surface area (Å²) in [6.07, 6.45) is 0. The Morgan fingerprint density at radius 2 is 2.22 bits per heavy atom. The Bertz CT molecular complexity index is 1080. The van der Waals surface area contributed by atoms with Gasteiger partial charge in [0.05, 0.1) is 32.6 Å². The van der Waals surface area contributed by atoms with E-state index in [0.717, 1.165) is 37.2 Å². The van der Waals surface area contributed by atoms with Crippen molar-refractivity contribution in [1.82, 2.24) is 9.97 Å². The van der Waals surface area contributed by atoms with Crippen molar-refractivity contribution in [2.24, 2.45) is 0 Å². The number of ether oxygens (including phenoxy) is 1. The Hall–Kier alpha value is -2.51. The Kier molecular flexibility index (Phi) is 3.07. The molecule has 0 fully saturated rings. The number of aromatic nitrogens is 2. The number of hydrogen-bond donors (Lipinski definition) is 1. The summed E-state index contributed by atoms with van der Waals surface area (Å²) in [5.41, 5.74) is 3.73. The largest absolute Gasteiger partial charge is 0.380 e. The smallest absolute Gasteiger partial charge is 0.280 e. The van der Waals surface area contributed by atoms with Crippen molar-refractivity contribution in [3.8, 4) is 0 Å². The van der Waals surface area contributed by atoms with E-state index in [-0.39, 0.29) is 10.6 Å². The molecule has 0 unspecified atom stereocenters. The molecule has 0 bridgehead atoms. The van der Waals surface area contributed by atoms with Crippen molar-refractivity contribution in [2.75, 3.05) is 7.11 Å². The number of nitrogens with one attached hydrogen (secondary N) is 1. The molecule has 4 aromatic rings. The topological polar surface area (TPSA) is 81.0 Å². The van der Waals surface area contributed by atoms with Crippen LogP contribution in [-0.4, -0.2) is 22.0 Å². The summed E-state index contributed by atoms with van der Waals surface area (Å²) >= 11 is 1.48. The van der Waals surface area contributed by atoms with Crippen molar-refractivity contribution < 1.29 is 9.66 Å². The molecule has 0 aliphatic rings. The van der Waals surface area contributed by atoms with Gasteiger partial charge in [-0.15, -0.1) is 11.3 Å². The number of rotatable bonds is 3. The summed E-state index contributed by atoms with van der Waals surface area (Å²) in [6.45, 7) is 2.41. The molecule has 0 amide bonds. The zero-order valence-electron chi connectivity index (χ0n) is 12.5. The minimum Gasteiger partial charge on any atom is -0.380 e. The van der Waals surface area contributed by atoms with Crippen LogP contribution >= 0.6 is 11.3 Å². The highest BCUT2D eigenvalue weighted by atomic mass is 32.1. The third kappa shape index (κ3) is 2.01. The van der Waals surface area contributed by atoms with Gasteiger partial charge in [-0.2, -0.15) is 0 Å². The minimum atomic E-state index is -0.339. The summed E-state index contributed by atoms with van der Waals surface area (Å²) in [4.78, 5) is 19.8. The molecular weight excluding hydrogens is 314 g/mol. The molecule has 23 heavy (non-hydrogen) atoms. The maximum atomic E-state index is 11.4. The van der Waals surface area contributed by atoms with E-state index in [1.807, 2.05) is 19.1 Å². The van der Waals surface area contributed by atoms with Crippen LogP contribution in [0.2, 0.25) is 0 Å². The number of nitro benzene ring substituents is 1. The summed E-state index contributed by atoms with van der Waals surface area (Å²) in [6, 6.07) is 7.09. The molecule has 0 spiro atoms. The predicted octanol–water partition coefficient (Wildman–Crippen LogP) is 4.29. The molecule has 0 aliphatic carbocycles. The second kappa shape index (κ2) is 5.00. The highest BCUT2D eigenvalue weighted by molar-refractivity contribution is 7.26. The maximum Gasteiger partial charge on any atom is 0.280 e. The van der Waals surface area contributed by atoms with Crippen LogP contribution < -0.4 is 0 Å². The van der Waals surface area contributed by atoms with Crippen molar-refractivity contribution in [2.45, 2.75) is 13.5 Å². The fraction of sp³-hybridized carbons (Fsp3) is 0.188. The lowest BCUT2D eigenvalue weighted by Gasteiger charge is -2.03. The summed E-state index contributed by atoms with van der Waals surface area (Å²) < 4.78 is 6.17. The monoisotopic (exact) mass is 327 g/mol. The van der Waals surface area contributed by atoms with Crippen LogP contribution in [0.3, 0.4) is 0 Å². The predicted molar refractivity (Wildman–Crippen MR) is 91.1 cm³/mol. The van der Waals surface area contributed by atoms with E-state index < -0.39 is 0 Å². The molecule has 6 nitrogen and oxygen atoms in total. The van der Waals surface area contributed by atoms with E-state index in [4.69, 9.17) is 4.74 Å². The zero-order valence-corrected chi connectivity index (χ0v) is 13.4. The molecule has 1 N–H and O–H groups in total. The van der Waals surface area contributed by atoms with Gasteiger partial charge in [-0.05, 0) is 24.6 Å². The lowest BCUT2D eigenvalue weighted by atomic mass is 10.1. The van der Waals surface area contributed by atoms with Crippen molar-refractivity contribution in [3.05, 3.63) is 45.6 Å². The van der Waals surface area contributed by atoms with E-state index in [0.29, 0.717) is 12.0 Å². The zero-order chi connectivity index (χ0) is 16.1. The van der Waals surface area contributed by atoms with Crippen LogP contribution in [-0.2, 0) is 11.3 Å². The van der Waals surface area contributed by atoms with Gasteiger partial charge >= 0.3 is 0 Å². The first-order chi connectivity index (χ1) is 11.1. The van der Waals surface area contributed by atoms with Gasteiger partial charge in [-0.3, -0.25) is 10.1 Å². The Morgan fingerprint density at radius 1 is 1.39 bits per heavy atom. The van der Waals surface area contributed by atoms with Gasteiger partial charge in [0, 0.05) is 24.3 Å². The average Bonchev–Trinajstić information content (AvgIpc) is 3.02. The molecule has 4 rings (SSSR count). The molecule has 0 aliphatic heterocycles. The maximum absolute atomic E-state index is 11.4. The molecule has 7 heteroatoms. The summed E-state index contributed by atoms with van der Waals surface area (Å²) in [7, 11) is 1.65. The molecule has 1 aromatic carbocycles. The van der Waals surface area contributed by atoms with E-state index in [9.17, 15) is 10.1 Å². The fourth-order valence-electron chi connectivity index (χ4n) is 3.05. The number of nitrogens with zero attached hydrogens (tertiary/aromatic N) is 2. The normalized spacial score (nSPS) is 11.7. The second-order valence-corrected chi connectivity index (χ2v) is 6.42. The second-order valence-electron chi connectivity index (χ2n) is 5.42. The van der Waals surface area contributed by atoms with Crippen LogP contribution in [0.4, 0.5) is 5.69 Å². The third-order valence-electron chi connectivity index (χ3n) is 3.90. The van der Waals surface area contributed by atoms with E-state index >= 15 is 0 Å². The molecule has 116 valence electrons. The van der Waals surface area contributed by atoms with Gasteiger partial charge in [-0.1, -0.05) is 6.07 Å². The molecule has 0 radical (unpaired) electrons. The molecule has 0 saturated heterocycles. The number of hydrogen-bond acceptors (Lipinski definition) is 5. The van der Waals surface area contributed by atoms with Crippen LogP contribution in [0.5, 0.6) is 0 Å². The first-order valence-corrected chi connectivity index (χ1v) is 7.88. The standard InChI is InChI=1S/C16H13N3O3S/c1-8-6-9(7-22-2)12-14-15(23-16(12)17-8)13-10(18-14)4-3-5-11(13)19(20)21/h3-6,18H,7H2,1-2H3. The summed E-state index contributed by atoms with van der Waals surface area (Å²) in [5.74, 6) is 0. The lowest BCUT2D eigenvalue weighted by molar-refractivity contribution is -0.383. The Morgan fingerprint density at radius 3 is 2.96 bits per heavy atom. The van der Waals surface area contributed by atoms with Crippen LogP contribution in [0.15, 0.2) is 24.3 Å². The highest BCUT2D eigenvalue weighted by Gasteiger charge is 2.21. The van der Waals surface area contributed by atoms with Gasteiger partial charge in [0.15, 0.2) is 0 Å². The van der Waals surface area contributed by atoms with E-state index in [1.165, 1.54) is 17.4 Å². The lowest BCUT2D eigenvalue weighted by Crippen LogP contribution is -1.92. The Labute approximate surface area is 134 Å². The molecular formula is C16H13N3O3S. The van der Waals surface area contributed by atoms with Gasteiger partial charge in [0.2, 0.25) is 0 Å². The number of aryl methyl sites for hydroxylation is 1. The number of thiophene rings is 1. The van der Waals surface area contributed by atoms with Gasteiger partial charge in [0.1, 0.15) is 4.83 Å². The van der Waals surface area contributed by atoms with Crippen LogP contribution in [0, 0.1) is 17.0 Å².